The molecule has 0 heterocycles. The average Bonchev–Trinajstić information content (AvgIpc) is 2.66. The molecule has 0 aromatic heterocycles. The lowest BCUT2D eigenvalue weighted by atomic mass is 10.2. The van der Waals surface area contributed by atoms with Crippen LogP contribution in [-0.4, -0.2) is 15.0 Å². The monoisotopic (exact) mass is 177 g/mol. The minimum Gasteiger partial charge on any atom is -0.411 e. The average molecular weight is 177 g/mol. The fraction of sp³-hybridized carbons (Fsp3) is 0.833. The summed E-state index contributed by atoms with van der Waals surface area (Å²) in [7, 11) is 0. The van der Waals surface area contributed by atoms with Gasteiger partial charge < -0.3 is 5.21 Å². The highest BCUT2D eigenvalue weighted by Crippen LogP contribution is 2.46. The van der Waals surface area contributed by atoms with Crippen molar-refractivity contribution in [1.29, 1.82) is 0 Å². The maximum absolute atomic E-state index is 8.44. The van der Waals surface area contributed by atoms with E-state index in [0.717, 1.165) is 12.8 Å². The zero-order valence-electron chi connectivity index (χ0n) is 5.78. The molecule has 0 saturated heterocycles. The van der Waals surface area contributed by atoms with E-state index in [9.17, 15) is 0 Å². The first-order valence-electron chi connectivity index (χ1n) is 3.23. The molecule has 0 radical (unpaired) electrons. The zero-order valence-corrected chi connectivity index (χ0v) is 7.57. The van der Waals surface area contributed by atoms with Gasteiger partial charge in [0.05, 0.1) is 9.79 Å². The number of hydrogen-bond acceptors (Lipinski definition) is 4. The number of oxime groups is 1. The molecule has 0 bridgehead atoms. The summed E-state index contributed by atoms with van der Waals surface area (Å²) in [5.41, 5.74) is 0.585. The van der Waals surface area contributed by atoms with Gasteiger partial charge in [0.2, 0.25) is 0 Å². The van der Waals surface area contributed by atoms with E-state index < -0.39 is 4.08 Å². The predicted octanol–water partition coefficient (Wildman–Crippen LogP) is 1.80. The van der Waals surface area contributed by atoms with Crippen molar-refractivity contribution in [2.75, 3.05) is 0 Å². The molecule has 1 N–H and O–H groups in total. The Morgan fingerprint density at radius 3 is 2.40 bits per heavy atom. The Balaban J connectivity index is 2.65. The first-order chi connectivity index (χ1) is 4.59. The minimum atomic E-state index is -0.491. The molecule has 1 aliphatic rings. The van der Waals surface area contributed by atoms with Gasteiger partial charge in [-0.1, -0.05) is 5.16 Å². The molecule has 58 valence electrons. The van der Waals surface area contributed by atoms with Gasteiger partial charge in [0.1, 0.15) is 0 Å². The maximum atomic E-state index is 8.44. The second-order valence-corrected chi connectivity index (χ2v) is 4.45. The second kappa shape index (κ2) is 2.66. The highest BCUT2D eigenvalue weighted by atomic mass is 32.2. The van der Waals surface area contributed by atoms with Crippen LogP contribution in [-0.2, 0) is 0 Å². The van der Waals surface area contributed by atoms with E-state index >= 15 is 0 Å². The lowest BCUT2D eigenvalue weighted by Crippen LogP contribution is -2.26. The summed E-state index contributed by atoms with van der Waals surface area (Å²) in [6.07, 6.45) is 2.28. The molecule has 0 spiro atoms. The summed E-state index contributed by atoms with van der Waals surface area (Å²) in [6.45, 7) is 1.73. The van der Waals surface area contributed by atoms with Crippen molar-refractivity contribution in [1.82, 2.24) is 0 Å². The van der Waals surface area contributed by atoms with Crippen LogP contribution in [0.2, 0.25) is 0 Å². The van der Waals surface area contributed by atoms with Crippen molar-refractivity contribution < 1.29 is 5.21 Å². The first-order valence-corrected chi connectivity index (χ1v) is 4.12. The van der Waals surface area contributed by atoms with Crippen molar-refractivity contribution >= 4 is 31.0 Å². The smallest absolute Gasteiger partial charge is 0.0993 e. The van der Waals surface area contributed by atoms with Crippen LogP contribution in [0, 0.1) is 5.92 Å². The third-order valence-corrected chi connectivity index (χ3v) is 3.21. The van der Waals surface area contributed by atoms with Crippen LogP contribution < -0.4 is 0 Å². The van der Waals surface area contributed by atoms with E-state index in [1.165, 1.54) is 0 Å². The predicted molar refractivity (Wildman–Crippen MR) is 48.3 cm³/mol. The largest absolute Gasteiger partial charge is 0.411 e. The van der Waals surface area contributed by atoms with E-state index in [4.69, 9.17) is 5.21 Å². The van der Waals surface area contributed by atoms with Crippen LogP contribution in [0.15, 0.2) is 5.16 Å². The summed E-state index contributed by atoms with van der Waals surface area (Å²) in [4.78, 5) is 0. The normalized spacial score (nSPS) is 21.3. The summed E-state index contributed by atoms with van der Waals surface area (Å²) >= 11 is 8.58. The molecule has 0 aromatic rings. The summed E-state index contributed by atoms with van der Waals surface area (Å²) < 4.78 is -0.491. The van der Waals surface area contributed by atoms with E-state index in [0.29, 0.717) is 11.6 Å². The molecule has 1 fully saturated rings. The van der Waals surface area contributed by atoms with Gasteiger partial charge in [-0.05, 0) is 25.7 Å². The summed E-state index contributed by atoms with van der Waals surface area (Å²) in [5, 5.41) is 11.5. The molecule has 2 nitrogen and oxygen atoms in total. The lowest BCUT2D eigenvalue weighted by Gasteiger charge is -2.20. The zero-order chi connectivity index (χ0) is 7.78. The van der Waals surface area contributed by atoms with Crippen LogP contribution in [0.25, 0.3) is 0 Å². The Morgan fingerprint density at radius 2 is 2.10 bits per heavy atom. The molecule has 1 rings (SSSR count). The van der Waals surface area contributed by atoms with Gasteiger partial charge in [-0.25, -0.2) is 0 Å². The van der Waals surface area contributed by atoms with Crippen molar-refractivity contribution in [3.05, 3.63) is 0 Å². The van der Waals surface area contributed by atoms with Gasteiger partial charge in [-0.2, -0.15) is 25.3 Å². The summed E-state index contributed by atoms with van der Waals surface area (Å²) in [6, 6.07) is 0. The van der Waals surface area contributed by atoms with Gasteiger partial charge >= 0.3 is 0 Å². The minimum absolute atomic E-state index is 0.482. The Kier molecular flexibility index (Phi) is 2.20. The number of hydrogen-bond donors (Lipinski definition) is 3. The van der Waals surface area contributed by atoms with Gasteiger partial charge in [0, 0.05) is 0 Å². The Hall–Kier alpha value is 0.170. The van der Waals surface area contributed by atoms with E-state index in [-0.39, 0.29) is 0 Å². The van der Waals surface area contributed by atoms with E-state index in [1.54, 1.807) is 6.92 Å². The molecular formula is C6H11NOS2. The Morgan fingerprint density at radius 1 is 1.60 bits per heavy atom. The fourth-order valence-electron chi connectivity index (χ4n) is 0.855. The molecule has 0 aromatic carbocycles. The van der Waals surface area contributed by atoms with Crippen LogP contribution in [0.5, 0.6) is 0 Å². The van der Waals surface area contributed by atoms with Crippen LogP contribution >= 0.6 is 25.3 Å². The molecule has 10 heavy (non-hydrogen) atoms. The molecule has 0 atom stereocenters. The highest BCUT2D eigenvalue weighted by Gasteiger charge is 2.42. The summed E-state index contributed by atoms with van der Waals surface area (Å²) in [5.74, 6) is 0.482. The number of thiol groups is 2. The topological polar surface area (TPSA) is 32.6 Å². The molecule has 1 aliphatic carbocycles. The van der Waals surface area contributed by atoms with Crippen molar-refractivity contribution in [2.45, 2.75) is 23.8 Å². The van der Waals surface area contributed by atoms with Crippen molar-refractivity contribution in [3.63, 3.8) is 0 Å². The van der Waals surface area contributed by atoms with E-state index in [1.807, 2.05) is 0 Å². The Labute approximate surface area is 71.5 Å². The van der Waals surface area contributed by atoms with Crippen LogP contribution in [0.3, 0.4) is 0 Å². The van der Waals surface area contributed by atoms with Crippen LogP contribution in [0.1, 0.15) is 19.8 Å². The first kappa shape index (κ1) is 8.27. The number of nitrogens with zero attached hydrogens (tertiary/aromatic N) is 1. The molecule has 0 unspecified atom stereocenters. The SMILES string of the molecule is C/C(=N\O)C(S)(S)C1CC1. The Bertz CT molecular complexity index is 163. The fourth-order valence-corrected chi connectivity index (χ4v) is 1.46. The quantitative estimate of drug-likeness (QED) is 0.194. The van der Waals surface area contributed by atoms with Gasteiger partial charge in [0.15, 0.2) is 0 Å². The molecule has 0 aliphatic heterocycles. The maximum Gasteiger partial charge on any atom is 0.0993 e. The van der Waals surface area contributed by atoms with Crippen molar-refractivity contribution in [3.8, 4) is 0 Å². The molecule has 4 heteroatoms. The third kappa shape index (κ3) is 1.42. The third-order valence-electron chi connectivity index (χ3n) is 1.83. The second-order valence-electron chi connectivity index (χ2n) is 2.69. The van der Waals surface area contributed by atoms with Gasteiger partial charge in [-0.15, -0.1) is 0 Å². The van der Waals surface area contributed by atoms with Crippen molar-refractivity contribution in [2.24, 2.45) is 11.1 Å². The van der Waals surface area contributed by atoms with Crippen LogP contribution in [0.4, 0.5) is 0 Å². The molecule has 0 amide bonds. The molecular weight excluding hydrogens is 166 g/mol. The van der Waals surface area contributed by atoms with E-state index in [2.05, 4.69) is 30.4 Å². The standard InChI is InChI=1S/C6H11NOS2/c1-4(7-8)6(9,10)5-2-3-5/h5,8-10H,2-3H2,1H3/b7-4+. The molecule has 1 saturated carbocycles. The highest BCUT2D eigenvalue weighted by molar-refractivity contribution is 8.02. The van der Waals surface area contributed by atoms with Gasteiger partial charge in [0.25, 0.3) is 0 Å². The lowest BCUT2D eigenvalue weighted by molar-refractivity contribution is 0.317. The van der Waals surface area contributed by atoms with Gasteiger partial charge in [-0.3, -0.25) is 0 Å². The number of rotatable bonds is 2.